The summed E-state index contributed by atoms with van der Waals surface area (Å²) >= 11 is 1.34. The van der Waals surface area contributed by atoms with Gasteiger partial charge in [-0.1, -0.05) is 12.1 Å². The molecule has 0 aliphatic rings. The first-order valence-electron chi connectivity index (χ1n) is 9.25. The van der Waals surface area contributed by atoms with E-state index in [-0.39, 0.29) is 12.4 Å². The van der Waals surface area contributed by atoms with E-state index in [2.05, 4.69) is 14.7 Å². The minimum Gasteiger partial charge on any atom is -0.708 e. The van der Waals surface area contributed by atoms with Crippen molar-refractivity contribution >= 4 is 11.3 Å². The van der Waals surface area contributed by atoms with Gasteiger partial charge in [0.25, 0.3) is 0 Å². The molecule has 0 bridgehead atoms. The number of aryl methyl sites for hydroxylation is 1. The Morgan fingerprint density at radius 3 is 2.53 bits per heavy atom. The van der Waals surface area contributed by atoms with Crippen molar-refractivity contribution in [3.63, 3.8) is 0 Å². The van der Waals surface area contributed by atoms with Crippen molar-refractivity contribution in [3.05, 3.63) is 70.2 Å². The predicted octanol–water partition coefficient (Wildman–Crippen LogP) is 5.01. The maximum atomic E-state index is 12.8. The Kier molecular flexibility index (Phi) is 5.74. The van der Waals surface area contributed by atoms with Crippen LogP contribution in [0, 0.1) is 12.1 Å². The number of ether oxygens (including phenoxy) is 2. The fourth-order valence-corrected chi connectivity index (χ4v) is 3.94. The summed E-state index contributed by atoms with van der Waals surface area (Å²) in [4.78, 5) is 5.28. The van der Waals surface area contributed by atoms with E-state index in [4.69, 9.17) is 9.47 Å². The fraction of sp³-hybridized carbons (Fsp3) is 0.190. The molecule has 2 heterocycles. The molecule has 0 spiro atoms. The number of hydrogen-bond acceptors (Lipinski definition) is 7. The molecular weight excluding hydrogens is 447 g/mol. The topological polar surface area (TPSA) is 84.3 Å². The summed E-state index contributed by atoms with van der Waals surface area (Å²) in [6.07, 6.45) is -3.45. The number of nitrogens with zero attached hydrogens (tertiary/aromatic N) is 3. The van der Waals surface area contributed by atoms with Crippen LogP contribution >= 0.6 is 11.3 Å². The normalized spacial score (nSPS) is 11.5. The second-order valence-corrected chi connectivity index (χ2v) is 7.79. The molecule has 0 atom stereocenters. The second-order valence-electron chi connectivity index (χ2n) is 6.70. The summed E-state index contributed by atoms with van der Waals surface area (Å²) in [7, 11) is 1.46. The molecule has 11 heteroatoms. The molecule has 0 radical (unpaired) electrons. The van der Waals surface area contributed by atoms with Crippen LogP contribution in [0.25, 0.3) is 22.0 Å². The molecule has 2 aromatic heterocycles. The molecule has 166 valence electrons. The third-order valence-corrected chi connectivity index (χ3v) is 5.81. The van der Waals surface area contributed by atoms with Crippen LogP contribution in [-0.4, -0.2) is 17.3 Å². The summed E-state index contributed by atoms with van der Waals surface area (Å²) in [5, 5.41) is 16.0. The van der Waals surface area contributed by atoms with Gasteiger partial charge in [-0.25, -0.2) is 9.51 Å². The van der Waals surface area contributed by atoms with Crippen molar-refractivity contribution in [2.24, 2.45) is 0 Å². The molecular formula is C21H16F3N3O4S. The lowest BCUT2D eigenvalue weighted by Gasteiger charge is -2.09. The Labute approximate surface area is 184 Å². The number of halogens is 3. The highest BCUT2D eigenvalue weighted by molar-refractivity contribution is 7.15. The average molecular weight is 463 g/mol. The average Bonchev–Trinajstić information content (AvgIpc) is 3.36. The number of methoxy groups -OCH3 is 1. The van der Waals surface area contributed by atoms with Crippen molar-refractivity contribution in [1.82, 2.24) is 10.1 Å². The monoisotopic (exact) mass is 463 g/mol. The fourth-order valence-electron chi connectivity index (χ4n) is 2.96. The van der Waals surface area contributed by atoms with Crippen molar-refractivity contribution in [3.8, 4) is 33.5 Å². The van der Waals surface area contributed by atoms with Gasteiger partial charge in [-0.15, -0.1) is 11.3 Å². The predicted molar refractivity (Wildman–Crippen MR) is 109 cm³/mol. The van der Waals surface area contributed by atoms with Crippen LogP contribution in [0.1, 0.15) is 16.1 Å². The molecule has 0 fully saturated rings. The minimum atomic E-state index is -4.38. The van der Waals surface area contributed by atoms with Crippen LogP contribution in [0.2, 0.25) is 0 Å². The van der Waals surface area contributed by atoms with E-state index in [1.807, 2.05) is 6.92 Å². The molecule has 0 saturated heterocycles. The molecule has 0 aliphatic heterocycles. The highest BCUT2D eigenvalue weighted by Crippen LogP contribution is 2.34. The second kappa shape index (κ2) is 8.50. The maximum Gasteiger partial charge on any atom is 0.416 e. The highest BCUT2D eigenvalue weighted by atomic mass is 32.1. The zero-order chi connectivity index (χ0) is 22.9. The molecule has 32 heavy (non-hydrogen) atoms. The molecule has 4 aromatic rings. The van der Waals surface area contributed by atoms with Crippen LogP contribution in [0.4, 0.5) is 13.2 Å². The van der Waals surface area contributed by atoms with E-state index in [0.717, 1.165) is 29.1 Å². The van der Waals surface area contributed by atoms with Crippen LogP contribution in [0.3, 0.4) is 0 Å². The third kappa shape index (κ3) is 4.37. The molecule has 0 unspecified atom stereocenters. The number of hydrogen-bond donors (Lipinski definition) is 0. The van der Waals surface area contributed by atoms with Gasteiger partial charge in [0.05, 0.1) is 23.2 Å². The van der Waals surface area contributed by atoms with Gasteiger partial charge in [-0.2, -0.15) is 17.9 Å². The van der Waals surface area contributed by atoms with Gasteiger partial charge in [0, 0.05) is 11.6 Å². The van der Waals surface area contributed by atoms with Gasteiger partial charge in [-0.3, -0.25) is 0 Å². The van der Waals surface area contributed by atoms with Crippen molar-refractivity contribution < 1.29 is 31.9 Å². The number of thiazole rings is 1. The van der Waals surface area contributed by atoms with E-state index < -0.39 is 11.7 Å². The SMILES string of the molecule is COc1cc(OCc2sc(-c3ccc(C(F)(F)F)cc3)nc2C)ccc1-c1noc[n+]1[O-]. The Balaban J connectivity index is 1.50. The van der Waals surface area contributed by atoms with E-state index in [9.17, 15) is 18.4 Å². The molecule has 7 nitrogen and oxygen atoms in total. The van der Waals surface area contributed by atoms with E-state index in [1.165, 1.54) is 30.6 Å². The first-order valence-corrected chi connectivity index (χ1v) is 10.1. The largest absolute Gasteiger partial charge is 0.708 e. The molecule has 0 amide bonds. The van der Waals surface area contributed by atoms with E-state index in [1.54, 1.807) is 18.2 Å². The van der Waals surface area contributed by atoms with Crippen LogP contribution in [-0.2, 0) is 12.8 Å². The molecule has 0 N–H and O–H groups in total. The Bertz CT molecular complexity index is 1240. The number of alkyl halides is 3. The number of aromatic nitrogens is 3. The van der Waals surface area contributed by atoms with Gasteiger partial charge < -0.3 is 14.7 Å². The maximum absolute atomic E-state index is 12.8. The lowest BCUT2D eigenvalue weighted by atomic mass is 10.1. The molecule has 0 aliphatic carbocycles. The lowest BCUT2D eigenvalue weighted by molar-refractivity contribution is -0.598. The molecule has 4 rings (SSSR count). The summed E-state index contributed by atoms with van der Waals surface area (Å²) < 4.78 is 54.6. The summed E-state index contributed by atoms with van der Waals surface area (Å²) in [5.41, 5.74) is 1.07. The van der Waals surface area contributed by atoms with Gasteiger partial charge in [0.15, 0.2) is 5.16 Å². The zero-order valence-corrected chi connectivity index (χ0v) is 17.7. The van der Waals surface area contributed by atoms with Crippen molar-refractivity contribution in [2.75, 3.05) is 7.11 Å². The standard InChI is InChI=1S/C21H16F3N3O4S/c1-12-18(32-20(25-12)13-3-5-14(6-4-13)21(22,23)24)10-30-15-7-8-16(17(9-15)29-2)19-26-31-11-27(19)28/h3-9,11H,10H2,1-2H3. The zero-order valence-electron chi connectivity index (χ0n) is 16.8. The van der Waals surface area contributed by atoms with Gasteiger partial charge in [0.2, 0.25) is 0 Å². The Morgan fingerprint density at radius 2 is 1.91 bits per heavy atom. The van der Waals surface area contributed by atoms with Crippen LogP contribution in [0.5, 0.6) is 11.5 Å². The quantitative estimate of drug-likeness (QED) is 0.295. The molecule has 0 saturated carbocycles. The highest BCUT2D eigenvalue weighted by Gasteiger charge is 2.30. The summed E-state index contributed by atoms with van der Waals surface area (Å²) in [6.45, 7) is 2.02. The van der Waals surface area contributed by atoms with E-state index >= 15 is 0 Å². The van der Waals surface area contributed by atoms with Gasteiger partial charge in [0.1, 0.15) is 28.7 Å². The van der Waals surface area contributed by atoms with Crippen molar-refractivity contribution in [1.29, 1.82) is 0 Å². The number of benzene rings is 2. The Hall–Kier alpha value is -3.60. The number of rotatable bonds is 6. The van der Waals surface area contributed by atoms with Gasteiger partial charge in [-0.05, 0) is 31.2 Å². The smallest absolute Gasteiger partial charge is 0.416 e. The summed E-state index contributed by atoms with van der Waals surface area (Å²) in [5.74, 6) is 0.941. The van der Waals surface area contributed by atoms with E-state index in [0.29, 0.717) is 32.4 Å². The van der Waals surface area contributed by atoms with Crippen LogP contribution < -0.4 is 14.2 Å². The Morgan fingerprint density at radius 1 is 1.16 bits per heavy atom. The van der Waals surface area contributed by atoms with Gasteiger partial charge >= 0.3 is 18.4 Å². The first-order chi connectivity index (χ1) is 15.3. The van der Waals surface area contributed by atoms with Crippen LogP contribution in [0.15, 0.2) is 53.4 Å². The first kappa shape index (κ1) is 21.6. The summed E-state index contributed by atoms with van der Waals surface area (Å²) in [6, 6.07) is 9.81. The lowest BCUT2D eigenvalue weighted by Crippen LogP contribution is -2.25. The third-order valence-electron chi connectivity index (χ3n) is 4.63. The van der Waals surface area contributed by atoms with Crippen molar-refractivity contribution in [2.45, 2.75) is 19.7 Å². The minimum absolute atomic E-state index is 0.0629. The molecule has 2 aromatic carbocycles.